The Kier molecular flexibility index (Phi) is 5.88. The first-order valence-corrected chi connectivity index (χ1v) is 11.7. The minimum Gasteiger partial charge on any atom is -0.322 e. The maximum Gasteiger partial charge on any atom is 0.255 e. The molecule has 162 valence electrons. The van der Waals surface area contributed by atoms with Gasteiger partial charge in [0.2, 0.25) is 10.0 Å². The number of carbonyl (C=O) groups is 1. The van der Waals surface area contributed by atoms with Crippen LogP contribution < -0.4 is 5.32 Å². The van der Waals surface area contributed by atoms with Crippen molar-refractivity contribution in [3.63, 3.8) is 0 Å². The molecule has 0 radical (unpaired) electrons. The van der Waals surface area contributed by atoms with Gasteiger partial charge in [-0.25, -0.2) is 8.42 Å². The number of carbonyl (C=O) groups excluding carboxylic acids is 1. The first-order valence-electron chi connectivity index (χ1n) is 10.2. The van der Waals surface area contributed by atoms with Crippen molar-refractivity contribution in [2.75, 3.05) is 11.9 Å². The number of benzene rings is 2. The summed E-state index contributed by atoms with van der Waals surface area (Å²) < 4.78 is 29.3. The van der Waals surface area contributed by atoms with E-state index in [1.165, 1.54) is 12.1 Å². The van der Waals surface area contributed by atoms with Gasteiger partial charge < -0.3 is 9.88 Å². The summed E-state index contributed by atoms with van der Waals surface area (Å²) in [7, 11) is -1.71. The second-order valence-corrected chi connectivity index (χ2v) is 9.68. The van der Waals surface area contributed by atoms with E-state index in [1.807, 2.05) is 32.2 Å². The molecule has 0 spiro atoms. The normalized spacial score (nSPS) is 17.4. The van der Waals surface area contributed by atoms with E-state index < -0.39 is 10.0 Å². The van der Waals surface area contributed by atoms with Gasteiger partial charge >= 0.3 is 0 Å². The van der Waals surface area contributed by atoms with Gasteiger partial charge in [-0.05, 0) is 56.2 Å². The lowest BCUT2D eigenvalue weighted by atomic mass is 10.1. The molecule has 9 heteroatoms. The zero-order valence-corrected chi connectivity index (χ0v) is 18.3. The van der Waals surface area contributed by atoms with Gasteiger partial charge in [0.15, 0.2) is 5.82 Å². The average Bonchev–Trinajstić information content (AvgIpc) is 3.20. The van der Waals surface area contributed by atoms with Crippen LogP contribution in [0.5, 0.6) is 0 Å². The molecule has 1 unspecified atom stereocenters. The number of rotatable bonds is 5. The standard InChI is InChI=1S/C22H25N5O3S/c1-16-6-3-4-13-27(16)31(29,30)20-11-9-17(10-12-20)22(28)24-19-8-5-7-18(14-19)21-25-23-15-26(21)2/h5,7-12,14-16H,3-4,6,13H2,1-2H3,(H,24,28). The van der Waals surface area contributed by atoms with Crippen LogP contribution in [0.1, 0.15) is 36.5 Å². The summed E-state index contributed by atoms with van der Waals surface area (Å²) in [6, 6.07) is 13.4. The SMILES string of the molecule is CC1CCCCN1S(=O)(=O)c1ccc(C(=O)Nc2cccc(-c3nncn3C)c2)cc1. The number of sulfonamides is 1. The molecule has 1 N–H and O–H groups in total. The fourth-order valence-electron chi connectivity index (χ4n) is 3.83. The molecular formula is C22H25N5O3S. The molecule has 31 heavy (non-hydrogen) atoms. The maximum atomic E-state index is 13.0. The average molecular weight is 440 g/mol. The molecule has 0 bridgehead atoms. The highest BCUT2D eigenvalue weighted by atomic mass is 32.2. The first kappa shape index (κ1) is 21.2. The van der Waals surface area contributed by atoms with E-state index in [1.54, 1.807) is 33.4 Å². The van der Waals surface area contributed by atoms with Crippen molar-refractivity contribution in [2.24, 2.45) is 7.05 Å². The number of anilines is 1. The van der Waals surface area contributed by atoms with Crippen LogP contribution in [0.3, 0.4) is 0 Å². The Labute approximate surface area is 182 Å². The lowest BCUT2D eigenvalue weighted by molar-refractivity contribution is 0.102. The Hall–Kier alpha value is -3.04. The molecule has 1 aromatic heterocycles. The van der Waals surface area contributed by atoms with Gasteiger partial charge in [0, 0.05) is 36.4 Å². The van der Waals surface area contributed by atoms with Crippen LogP contribution >= 0.6 is 0 Å². The Morgan fingerprint density at radius 2 is 1.90 bits per heavy atom. The highest BCUT2D eigenvalue weighted by Gasteiger charge is 2.30. The van der Waals surface area contributed by atoms with E-state index in [0.29, 0.717) is 23.6 Å². The largest absolute Gasteiger partial charge is 0.322 e. The van der Waals surface area contributed by atoms with E-state index in [0.717, 1.165) is 24.8 Å². The molecule has 2 heterocycles. The quantitative estimate of drug-likeness (QED) is 0.658. The number of aryl methyl sites for hydroxylation is 1. The van der Waals surface area contributed by atoms with Crippen molar-refractivity contribution in [1.82, 2.24) is 19.1 Å². The van der Waals surface area contributed by atoms with Gasteiger partial charge in [-0.2, -0.15) is 4.31 Å². The molecule has 4 rings (SSSR count). The molecule has 1 saturated heterocycles. The minimum atomic E-state index is -3.56. The van der Waals surface area contributed by atoms with Crippen molar-refractivity contribution in [1.29, 1.82) is 0 Å². The molecule has 3 aromatic rings. The Morgan fingerprint density at radius 1 is 1.13 bits per heavy atom. The summed E-state index contributed by atoms with van der Waals surface area (Å²) in [5.41, 5.74) is 1.83. The third kappa shape index (κ3) is 4.38. The summed E-state index contributed by atoms with van der Waals surface area (Å²) in [6.45, 7) is 2.47. The molecule has 1 atom stereocenters. The maximum absolute atomic E-state index is 13.0. The first-order chi connectivity index (χ1) is 14.9. The third-order valence-corrected chi connectivity index (χ3v) is 7.58. The number of hydrogen-bond donors (Lipinski definition) is 1. The highest BCUT2D eigenvalue weighted by Crippen LogP contribution is 2.26. The fourth-order valence-corrected chi connectivity index (χ4v) is 5.53. The van der Waals surface area contributed by atoms with Crippen molar-refractivity contribution in [3.05, 3.63) is 60.4 Å². The number of piperidine rings is 1. The number of nitrogens with one attached hydrogen (secondary N) is 1. The van der Waals surface area contributed by atoms with Gasteiger partial charge in [0.05, 0.1) is 4.90 Å². The molecule has 1 fully saturated rings. The van der Waals surface area contributed by atoms with E-state index >= 15 is 0 Å². The Balaban J connectivity index is 1.50. The molecule has 1 aliphatic heterocycles. The van der Waals surface area contributed by atoms with E-state index in [2.05, 4.69) is 15.5 Å². The predicted molar refractivity (Wildman–Crippen MR) is 118 cm³/mol. The summed E-state index contributed by atoms with van der Waals surface area (Å²) in [5, 5.41) is 10.8. The molecule has 0 saturated carbocycles. The monoisotopic (exact) mass is 439 g/mol. The van der Waals surface area contributed by atoms with Gasteiger partial charge in [-0.1, -0.05) is 18.6 Å². The third-order valence-electron chi connectivity index (χ3n) is 5.56. The minimum absolute atomic E-state index is 0.0112. The number of nitrogens with zero attached hydrogens (tertiary/aromatic N) is 4. The molecule has 0 aliphatic carbocycles. The molecule has 1 amide bonds. The molecular weight excluding hydrogens is 414 g/mol. The van der Waals surface area contributed by atoms with Crippen LogP contribution in [0.25, 0.3) is 11.4 Å². The van der Waals surface area contributed by atoms with Crippen LogP contribution in [-0.2, 0) is 17.1 Å². The highest BCUT2D eigenvalue weighted by molar-refractivity contribution is 7.89. The molecule has 8 nitrogen and oxygen atoms in total. The van der Waals surface area contributed by atoms with Crippen molar-refractivity contribution in [3.8, 4) is 11.4 Å². The summed E-state index contributed by atoms with van der Waals surface area (Å²) >= 11 is 0. The predicted octanol–water partition coefficient (Wildman–Crippen LogP) is 3.30. The van der Waals surface area contributed by atoms with Crippen LogP contribution in [0.2, 0.25) is 0 Å². The second kappa shape index (κ2) is 8.60. The van der Waals surface area contributed by atoms with Crippen molar-refractivity contribution >= 4 is 21.6 Å². The van der Waals surface area contributed by atoms with Crippen LogP contribution in [-0.4, -0.2) is 46.0 Å². The number of hydrogen-bond acceptors (Lipinski definition) is 5. The van der Waals surface area contributed by atoms with Crippen LogP contribution in [0, 0.1) is 0 Å². The van der Waals surface area contributed by atoms with E-state index in [9.17, 15) is 13.2 Å². The lowest BCUT2D eigenvalue weighted by Crippen LogP contribution is -2.41. The zero-order chi connectivity index (χ0) is 22.0. The number of aromatic nitrogens is 3. The van der Waals surface area contributed by atoms with Crippen molar-refractivity contribution < 1.29 is 13.2 Å². The van der Waals surface area contributed by atoms with Gasteiger partial charge in [-0.15, -0.1) is 10.2 Å². The zero-order valence-electron chi connectivity index (χ0n) is 17.5. The number of amides is 1. The van der Waals surface area contributed by atoms with Crippen LogP contribution in [0.15, 0.2) is 59.8 Å². The topological polar surface area (TPSA) is 97.2 Å². The van der Waals surface area contributed by atoms with Gasteiger partial charge in [0.25, 0.3) is 5.91 Å². The van der Waals surface area contributed by atoms with E-state index in [-0.39, 0.29) is 16.8 Å². The smallest absolute Gasteiger partial charge is 0.255 e. The van der Waals surface area contributed by atoms with Crippen molar-refractivity contribution in [2.45, 2.75) is 37.1 Å². The lowest BCUT2D eigenvalue weighted by Gasteiger charge is -2.32. The van der Waals surface area contributed by atoms with Gasteiger partial charge in [0.1, 0.15) is 6.33 Å². The second-order valence-electron chi connectivity index (χ2n) is 7.79. The fraction of sp³-hybridized carbons (Fsp3) is 0.318. The van der Waals surface area contributed by atoms with Gasteiger partial charge in [-0.3, -0.25) is 4.79 Å². The summed E-state index contributed by atoms with van der Waals surface area (Å²) in [6.07, 6.45) is 4.40. The summed E-state index contributed by atoms with van der Waals surface area (Å²) in [4.78, 5) is 12.9. The van der Waals surface area contributed by atoms with E-state index in [4.69, 9.17) is 0 Å². The molecule has 2 aromatic carbocycles. The van der Waals surface area contributed by atoms with Crippen LogP contribution in [0.4, 0.5) is 5.69 Å². The Bertz CT molecular complexity index is 1190. The Morgan fingerprint density at radius 3 is 2.58 bits per heavy atom. The molecule has 1 aliphatic rings. The summed E-state index contributed by atoms with van der Waals surface area (Å²) in [5.74, 6) is 0.378.